The van der Waals surface area contributed by atoms with E-state index in [1.54, 1.807) is 42.5 Å². The lowest BCUT2D eigenvalue weighted by molar-refractivity contribution is -0.118. The molecule has 184 valence electrons. The molecule has 2 heterocycles. The molecule has 0 spiro atoms. The van der Waals surface area contributed by atoms with Gasteiger partial charge in [-0.15, -0.1) is 11.3 Å². The number of halogens is 2. The van der Waals surface area contributed by atoms with Gasteiger partial charge in [0.2, 0.25) is 5.78 Å². The van der Waals surface area contributed by atoms with Crippen molar-refractivity contribution in [2.45, 2.75) is 43.9 Å². The molecule has 2 N–H and O–H groups in total. The number of nitrogens with zero attached hydrogens (tertiary/aromatic N) is 1. The number of carbonyl (C=O) groups is 2. The van der Waals surface area contributed by atoms with Crippen molar-refractivity contribution in [1.29, 1.82) is 0 Å². The molecule has 1 saturated carbocycles. The number of carbonyl (C=O) groups excluding carboxylic acids is 2. The highest BCUT2D eigenvalue weighted by atomic mass is 35.5. The van der Waals surface area contributed by atoms with Gasteiger partial charge in [0.15, 0.2) is 0 Å². The predicted molar refractivity (Wildman–Crippen MR) is 139 cm³/mol. The van der Waals surface area contributed by atoms with Gasteiger partial charge in [0, 0.05) is 16.8 Å². The lowest BCUT2D eigenvalue weighted by Gasteiger charge is -2.28. The van der Waals surface area contributed by atoms with Gasteiger partial charge in [-0.1, -0.05) is 29.3 Å². The molecule has 2 atom stereocenters. The van der Waals surface area contributed by atoms with Gasteiger partial charge >= 0.3 is 0 Å². The first kappa shape index (κ1) is 24.5. The molecule has 1 aliphatic carbocycles. The maximum Gasteiger partial charge on any atom is 0.292 e. The Hall–Kier alpha value is -2.16. The third-order valence-electron chi connectivity index (χ3n) is 6.42. The highest BCUT2D eigenvalue weighted by Crippen LogP contribution is 2.34. The number of rotatable bonds is 9. The highest BCUT2D eigenvalue weighted by Gasteiger charge is 2.30. The average Bonchev–Trinajstić information content (AvgIpc) is 3.35. The minimum atomic E-state index is -1.04. The van der Waals surface area contributed by atoms with Gasteiger partial charge in [0.25, 0.3) is 5.91 Å². The second kappa shape index (κ2) is 10.4. The summed E-state index contributed by atoms with van der Waals surface area (Å²) in [6.45, 7) is 2.20. The normalized spacial score (nSPS) is 17.9. The van der Waals surface area contributed by atoms with Gasteiger partial charge in [0.05, 0.1) is 21.5 Å². The molecule has 0 unspecified atom stereocenters. The molecule has 9 heteroatoms. The lowest BCUT2D eigenvalue weighted by Crippen LogP contribution is -2.48. The Morgan fingerprint density at radius 2 is 1.89 bits per heavy atom. The zero-order chi connectivity index (χ0) is 24.5. The first-order valence-corrected chi connectivity index (χ1v) is 13.4. The fraction of sp³-hybridized carbons (Fsp3) is 0.385. The van der Waals surface area contributed by atoms with Crippen LogP contribution in [0.15, 0.2) is 42.5 Å². The van der Waals surface area contributed by atoms with E-state index in [0.717, 1.165) is 48.9 Å². The number of likely N-dealkylation sites (tertiary alicyclic amines) is 1. The van der Waals surface area contributed by atoms with Gasteiger partial charge in [-0.2, -0.15) is 0 Å². The summed E-state index contributed by atoms with van der Waals surface area (Å²) < 4.78 is 7.36. The van der Waals surface area contributed by atoms with Gasteiger partial charge in [0.1, 0.15) is 11.9 Å². The Morgan fingerprint density at radius 1 is 1.11 bits per heavy atom. The van der Waals surface area contributed by atoms with Crippen LogP contribution in [-0.4, -0.2) is 53.5 Å². The quantitative estimate of drug-likeness (QED) is 0.290. The molecule has 0 radical (unpaired) electrons. The highest BCUT2D eigenvalue weighted by molar-refractivity contribution is 7.22. The first-order chi connectivity index (χ1) is 16.9. The standard InChI is InChI=1S/C26H26Cl2N2O4S/c27-19-12-16(3-7-21(19)34-18-5-6-18)24(31)20(14-30-9-1-2-10-30)29-26(33)25(32)15-4-8-22-17(11-15)13-23(28)35-22/h3-4,7-8,11-13,18,20,24,31H,1-2,5-6,9-10,14H2,(H,29,33)/t20-,24-/m1/s1. The summed E-state index contributed by atoms with van der Waals surface area (Å²) in [5.41, 5.74) is 0.841. The molecular weight excluding hydrogens is 507 g/mol. The van der Waals surface area contributed by atoms with Crippen LogP contribution in [0.2, 0.25) is 9.36 Å². The van der Waals surface area contributed by atoms with E-state index in [1.165, 1.54) is 11.3 Å². The van der Waals surface area contributed by atoms with E-state index in [0.29, 0.717) is 27.2 Å². The number of benzene rings is 2. The van der Waals surface area contributed by atoms with E-state index in [9.17, 15) is 14.7 Å². The SMILES string of the molecule is O=C(N[C@H](CN1CCCC1)[C@H](O)c1ccc(OC2CC2)c(Cl)c1)C(=O)c1ccc2sc(Cl)cc2c1. The molecular formula is C26H26Cl2N2O4S. The number of nitrogens with one attached hydrogen (secondary N) is 1. The number of fused-ring (bicyclic) bond motifs is 1. The Balaban J connectivity index is 1.34. The number of ether oxygens (including phenoxy) is 1. The summed E-state index contributed by atoms with van der Waals surface area (Å²) in [7, 11) is 0. The van der Waals surface area contributed by atoms with E-state index in [2.05, 4.69) is 10.2 Å². The number of Topliss-reactive ketones (excluding diaryl/α,β-unsaturated/α-hetero) is 1. The molecule has 3 aromatic rings. The largest absolute Gasteiger partial charge is 0.489 e. The summed E-state index contributed by atoms with van der Waals surface area (Å²) in [6.07, 6.45) is 3.34. The van der Waals surface area contributed by atoms with Gasteiger partial charge in [-0.3, -0.25) is 9.59 Å². The Kier molecular flexibility index (Phi) is 7.32. The second-order valence-electron chi connectivity index (χ2n) is 9.17. The number of amides is 1. The van der Waals surface area contributed by atoms with E-state index in [1.807, 2.05) is 0 Å². The molecule has 0 bridgehead atoms. The topological polar surface area (TPSA) is 78.9 Å². The maximum atomic E-state index is 13.0. The van der Waals surface area contributed by atoms with E-state index in [-0.39, 0.29) is 11.7 Å². The molecule has 1 aliphatic heterocycles. The molecule has 5 rings (SSSR count). The van der Waals surface area contributed by atoms with Crippen LogP contribution in [0.3, 0.4) is 0 Å². The zero-order valence-corrected chi connectivity index (χ0v) is 21.3. The molecule has 2 aromatic carbocycles. The fourth-order valence-electron chi connectivity index (χ4n) is 4.38. The minimum Gasteiger partial charge on any atom is -0.489 e. The van der Waals surface area contributed by atoms with Crippen molar-refractivity contribution in [2.24, 2.45) is 0 Å². The van der Waals surface area contributed by atoms with E-state index in [4.69, 9.17) is 27.9 Å². The van der Waals surface area contributed by atoms with Gasteiger partial charge in [-0.25, -0.2) is 0 Å². The average molecular weight is 533 g/mol. The summed E-state index contributed by atoms with van der Waals surface area (Å²) >= 11 is 13.9. The Morgan fingerprint density at radius 3 is 2.60 bits per heavy atom. The van der Waals surface area contributed by atoms with Gasteiger partial charge in [-0.05, 0) is 86.1 Å². The molecule has 1 aromatic heterocycles. The van der Waals surface area contributed by atoms with Crippen molar-refractivity contribution in [2.75, 3.05) is 19.6 Å². The molecule has 2 fully saturated rings. The van der Waals surface area contributed by atoms with Crippen molar-refractivity contribution >= 4 is 56.3 Å². The summed E-state index contributed by atoms with van der Waals surface area (Å²) in [4.78, 5) is 28.1. The lowest BCUT2D eigenvalue weighted by atomic mass is 10.0. The van der Waals surface area contributed by atoms with Crippen LogP contribution in [0, 0.1) is 0 Å². The maximum absolute atomic E-state index is 13.0. The van der Waals surface area contributed by atoms with Crippen molar-refractivity contribution in [1.82, 2.24) is 10.2 Å². The van der Waals surface area contributed by atoms with E-state index >= 15 is 0 Å². The second-order valence-corrected chi connectivity index (χ2v) is 11.3. The van der Waals surface area contributed by atoms with Crippen LogP contribution in [0.1, 0.15) is 47.7 Å². The van der Waals surface area contributed by atoms with Crippen molar-refractivity contribution in [3.63, 3.8) is 0 Å². The number of aliphatic hydroxyl groups is 1. The van der Waals surface area contributed by atoms with Crippen LogP contribution in [-0.2, 0) is 4.79 Å². The van der Waals surface area contributed by atoms with Crippen molar-refractivity contribution < 1.29 is 19.4 Å². The summed E-state index contributed by atoms with van der Waals surface area (Å²) in [5, 5.41) is 15.3. The van der Waals surface area contributed by atoms with Crippen molar-refractivity contribution in [3.05, 3.63) is 63.0 Å². The molecule has 6 nitrogen and oxygen atoms in total. The number of hydrogen-bond acceptors (Lipinski definition) is 6. The van der Waals surface area contributed by atoms with Crippen LogP contribution < -0.4 is 10.1 Å². The number of aliphatic hydroxyl groups excluding tert-OH is 1. The monoisotopic (exact) mass is 532 g/mol. The third kappa shape index (κ3) is 5.81. The third-order valence-corrected chi connectivity index (χ3v) is 7.96. The van der Waals surface area contributed by atoms with Crippen molar-refractivity contribution in [3.8, 4) is 5.75 Å². The number of ketones is 1. The smallest absolute Gasteiger partial charge is 0.292 e. The van der Waals surface area contributed by atoms with Crippen LogP contribution in [0.25, 0.3) is 10.1 Å². The fourth-order valence-corrected chi connectivity index (χ4v) is 5.75. The first-order valence-electron chi connectivity index (χ1n) is 11.8. The summed E-state index contributed by atoms with van der Waals surface area (Å²) in [5.74, 6) is -0.822. The van der Waals surface area contributed by atoms with Gasteiger partial charge < -0.3 is 20.1 Å². The molecule has 1 saturated heterocycles. The van der Waals surface area contributed by atoms with E-state index < -0.39 is 23.8 Å². The minimum absolute atomic E-state index is 0.209. The summed E-state index contributed by atoms with van der Waals surface area (Å²) in [6, 6.07) is 11.4. The predicted octanol–water partition coefficient (Wildman–Crippen LogP) is 5.25. The number of hydrogen-bond donors (Lipinski definition) is 2. The Labute approximate surface area is 217 Å². The van der Waals surface area contributed by atoms with Crippen LogP contribution >= 0.6 is 34.5 Å². The molecule has 1 amide bonds. The zero-order valence-electron chi connectivity index (χ0n) is 19.0. The molecule has 2 aliphatic rings. The van der Waals surface area contributed by atoms with Crippen LogP contribution in [0.4, 0.5) is 0 Å². The Bertz CT molecular complexity index is 1250. The number of thiophene rings is 1. The van der Waals surface area contributed by atoms with Crippen LogP contribution in [0.5, 0.6) is 5.75 Å². The molecule has 35 heavy (non-hydrogen) atoms.